The summed E-state index contributed by atoms with van der Waals surface area (Å²) < 4.78 is 40.8. The second-order valence-corrected chi connectivity index (χ2v) is 4.35. The van der Waals surface area contributed by atoms with Crippen LogP contribution in [0.2, 0.25) is 0 Å². The summed E-state index contributed by atoms with van der Waals surface area (Å²) in [4.78, 5) is 0. The molecule has 1 unspecified atom stereocenters. The van der Waals surface area contributed by atoms with Crippen molar-refractivity contribution in [3.8, 4) is 11.1 Å². The molecule has 0 amide bonds. The van der Waals surface area contributed by atoms with Crippen molar-refractivity contribution >= 4 is 0 Å². The summed E-state index contributed by atoms with van der Waals surface area (Å²) in [5.41, 5.74) is 0.807. The van der Waals surface area contributed by atoms with Crippen LogP contribution in [0.1, 0.15) is 18.5 Å². The Hall–Kier alpha value is -1.81. The Morgan fingerprint density at radius 1 is 0.947 bits per heavy atom. The molecular formula is C15H14F3N. The SMILES string of the molecule is CNC(C)c1ccc(F)c(-c2cccc(F)c2F)c1. The Bertz CT molecular complexity index is 596. The van der Waals surface area contributed by atoms with Gasteiger partial charge in [0.1, 0.15) is 5.82 Å². The van der Waals surface area contributed by atoms with Crippen molar-refractivity contribution in [2.75, 3.05) is 7.05 Å². The number of rotatable bonds is 3. The van der Waals surface area contributed by atoms with E-state index in [-0.39, 0.29) is 17.2 Å². The highest BCUT2D eigenvalue weighted by Crippen LogP contribution is 2.29. The summed E-state index contributed by atoms with van der Waals surface area (Å²) in [7, 11) is 1.77. The van der Waals surface area contributed by atoms with E-state index in [1.165, 1.54) is 24.3 Å². The van der Waals surface area contributed by atoms with Crippen LogP contribution < -0.4 is 5.32 Å². The van der Waals surface area contributed by atoms with Gasteiger partial charge in [0.2, 0.25) is 0 Å². The van der Waals surface area contributed by atoms with Crippen molar-refractivity contribution < 1.29 is 13.2 Å². The zero-order chi connectivity index (χ0) is 14.0. The molecule has 0 heterocycles. The summed E-state index contributed by atoms with van der Waals surface area (Å²) in [6.07, 6.45) is 0. The van der Waals surface area contributed by atoms with Crippen molar-refractivity contribution in [1.29, 1.82) is 0 Å². The maximum Gasteiger partial charge on any atom is 0.166 e. The lowest BCUT2D eigenvalue weighted by molar-refractivity contribution is 0.510. The standard InChI is InChI=1S/C15H14F3N/c1-9(19-2)10-6-7-13(16)12(8-10)11-4-3-5-14(17)15(11)18/h3-9,19H,1-2H3. The highest BCUT2D eigenvalue weighted by Gasteiger charge is 2.15. The Balaban J connectivity index is 2.58. The quantitative estimate of drug-likeness (QED) is 0.882. The van der Waals surface area contributed by atoms with Crippen molar-refractivity contribution in [3.63, 3.8) is 0 Å². The second-order valence-electron chi connectivity index (χ2n) is 4.35. The average Bonchev–Trinajstić information content (AvgIpc) is 2.42. The fraction of sp³-hybridized carbons (Fsp3) is 0.200. The number of hydrogen-bond acceptors (Lipinski definition) is 1. The fourth-order valence-electron chi connectivity index (χ4n) is 1.90. The minimum absolute atomic E-state index is 0.00373. The van der Waals surface area contributed by atoms with Crippen LogP contribution in [0.5, 0.6) is 0 Å². The van der Waals surface area contributed by atoms with Crippen LogP contribution in [0.4, 0.5) is 13.2 Å². The molecule has 0 aliphatic rings. The molecule has 0 fully saturated rings. The molecule has 2 aromatic rings. The topological polar surface area (TPSA) is 12.0 Å². The van der Waals surface area contributed by atoms with Gasteiger partial charge in [0.15, 0.2) is 11.6 Å². The van der Waals surface area contributed by atoms with Crippen LogP contribution in [-0.2, 0) is 0 Å². The summed E-state index contributed by atoms with van der Waals surface area (Å²) in [6, 6.07) is 8.16. The van der Waals surface area contributed by atoms with Gasteiger partial charge in [-0.05, 0) is 37.7 Å². The molecule has 0 aliphatic carbocycles. The van der Waals surface area contributed by atoms with Gasteiger partial charge in [0.05, 0.1) is 0 Å². The van der Waals surface area contributed by atoms with Gasteiger partial charge in [-0.15, -0.1) is 0 Å². The van der Waals surface area contributed by atoms with E-state index in [2.05, 4.69) is 5.32 Å². The smallest absolute Gasteiger partial charge is 0.166 e. The summed E-state index contributed by atoms with van der Waals surface area (Å²) in [5, 5.41) is 3.02. The summed E-state index contributed by atoms with van der Waals surface area (Å²) in [6.45, 7) is 1.90. The van der Waals surface area contributed by atoms with E-state index < -0.39 is 17.5 Å². The third-order valence-electron chi connectivity index (χ3n) is 3.17. The number of benzene rings is 2. The minimum atomic E-state index is -1.03. The molecule has 19 heavy (non-hydrogen) atoms. The van der Waals surface area contributed by atoms with E-state index in [0.29, 0.717) is 0 Å². The van der Waals surface area contributed by atoms with Crippen LogP contribution >= 0.6 is 0 Å². The Morgan fingerprint density at radius 2 is 1.68 bits per heavy atom. The predicted octanol–water partition coefficient (Wildman–Crippen LogP) is 4.05. The van der Waals surface area contributed by atoms with E-state index >= 15 is 0 Å². The molecule has 0 radical (unpaired) electrons. The van der Waals surface area contributed by atoms with E-state index in [0.717, 1.165) is 11.6 Å². The van der Waals surface area contributed by atoms with Gasteiger partial charge in [-0.1, -0.05) is 18.2 Å². The van der Waals surface area contributed by atoms with Gasteiger partial charge in [0.25, 0.3) is 0 Å². The summed E-state index contributed by atoms with van der Waals surface area (Å²) >= 11 is 0. The lowest BCUT2D eigenvalue weighted by atomic mass is 9.99. The van der Waals surface area contributed by atoms with Crippen molar-refractivity contribution in [3.05, 3.63) is 59.4 Å². The van der Waals surface area contributed by atoms with E-state index in [9.17, 15) is 13.2 Å². The first-order chi connectivity index (χ1) is 9.04. The average molecular weight is 265 g/mol. The molecule has 100 valence electrons. The number of nitrogens with one attached hydrogen (secondary N) is 1. The molecule has 0 spiro atoms. The summed E-state index contributed by atoms with van der Waals surface area (Å²) in [5.74, 6) is -2.59. The van der Waals surface area contributed by atoms with Crippen LogP contribution in [0.3, 0.4) is 0 Å². The highest BCUT2D eigenvalue weighted by molar-refractivity contribution is 5.66. The zero-order valence-corrected chi connectivity index (χ0v) is 10.7. The Kier molecular flexibility index (Phi) is 3.90. The number of halogens is 3. The van der Waals surface area contributed by atoms with Gasteiger partial charge in [-0.3, -0.25) is 0 Å². The Morgan fingerprint density at radius 3 is 2.37 bits per heavy atom. The lowest BCUT2D eigenvalue weighted by Crippen LogP contribution is -2.12. The lowest BCUT2D eigenvalue weighted by Gasteiger charge is -2.13. The molecule has 0 saturated carbocycles. The van der Waals surface area contributed by atoms with Crippen LogP contribution in [0, 0.1) is 17.5 Å². The third-order valence-corrected chi connectivity index (χ3v) is 3.17. The molecule has 0 saturated heterocycles. The largest absolute Gasteiger partial charge is 0.313 e. The van der Waals surface area contributed by atoms with Crippen molar-refractivity contribution in [2.24, 2.45) is 0 Å². The van der Waals surface area contributed by atoms with Crippen LogP contribution in [-0.4, -0.2) is 7.05 Å². The van der Waals surface area contributed by atoms with Crippen molar-refractivity contribution in [1.82, 2.24) is 5.32 Å². The zero-order valence-electron chi connectivity index (χ0n) is 10.7. The van der Waals surface area contributed by atoms with E-state index in [1.807, 2.05) is 6.92 Å². The molecule has 1 nitrogen and oxygen atoms in total. The molecule has 0 aliphatic heterocycles. The highest BCUT2D eigenvalue weighted by atomic mass is 19.2. The third kappa shape index (κ3) is 2.63. The first-order valence-electron chi connectivity index (χ1n) is 5.95. The van der Waals surface area contributed by atoms with Gasteiger partial charge >= 0.3 is 0 Å². The normalized spacial score (nSPS) is 12.5. The first kappa shape index (κ1) is 13.6. The molecule has 2 aromatic carbocycles. The molecule has 1 N–H and O–H groups in total. The van der Waals surface area contributed by atoms with Gasteiger partial charge in [-0.25, -0.2) is 13.2 Å². The molecular weight excluding hydrogens is 251 g/mol. The maximum atomic E-state index is 13.8. The second kappa shape index (κ2) is 5.45. The molecule has 1 atom stereocenters. The molecule has 0 bridgehead atoms. The fourth-order valence-corrected chi connectivity index (χ4v) is 1.90. The monoisotopic (exact) mass is 265 g/mol. The van der Waals surface area contributed by atoms with Gasteiger partial charge in [-0.2, -0.15) is 0 Å². The van der Waals surface area contributed by atoms with E-state index in [1.54, 1.807) is 13.1 Å². The first-order valence-corrected chi connectivity index (χ1v) is 5.95. The minimum Gasteiger partial charge on any atom is -0.313 e. The molecule has 0 aromatic heterocycles. The van der Waals surface area contributed by atoms with Gasteiger partial charge < -0.3 is 5.32 Å². The van der Waals surface area contributed by atoms with Crippen LogP contribution in [0.25, 0.3) is 11.1 Å². The molecule has 4 heteroatoms. The van der Waals surface area contributed by atoms with Crippen molar-refractivity contribution in [2.45, 2.75) is 13.0 Å². The van der Waals surface area contributed by atoms with E-state index in [4.69, 9.17) is 0 Å². The maximum absolute atomic E-state index is 13.8. The van der Waals surface area contributed by atoms with Crippen LogP contribution in [0.15, 0.2) is 36.4 Å². The number of hydrogen-bond donors (Lipinski definition) is 1. The Labute approximate surface area is 110 Å². The molecule has 2 rings (SSSR count). The predicted molar refractivity (Wildman–Crippen MR) is 69.2 cm³/mol. The van der Waals surface area contributed by atoms with Gasteiger partial charge in [0, 0.05) is 17.2 Å².